The van der Waals surface area contributed by atoms with Gasteiger partial charge in [0.2, 0.25) is 11.8 Å². The Morgan fingerprint density at radius 1 is 1.06 bits per heavy atom. The van der Waals surface area contributed by atoms with Crippen molar-refractivity contribution >= 4 is 23.4 Å². The second kappa shape index (κ2) is 10.4. The third-order valence-corrected chi connectivity index (χ3v) is 6.43. The van der Waals surface area contributed by atoms with Gasteiger partial charge < -0.3 is 14.4 Å². The van der Waals surface area contributed by atoms with E-state index in [4.69, 9.17) is 9.47 Å². The van der Waals surface area contributed by atoms with Gasteiger partial charge in [-0.3, -0.25) is 14.4 Å². The minimum Gasteiger partial charge on any atom is -0.354 e. The van der Waals surface area contributed by atoms with Crippen LogP contribution in [0.15, 0.2) is 24.3 Å². The van der Waals surface area contributed by atoms with E-state index in [-0.39, 0.29) is 36.6 Å². The fourth-order valence-electron chi connectivity index (χ4n) is 4.50. The Bertz CT molecular complexity index is 782. The summed E-state index contributed by atoms with van der Waals surface area (Å²) in [7, 11) is 3.00. The van der Waals surface area contributed by atoms with Crippen molar-refractivity contribution in [3.05, 3.63) is 29.8 Å². The molecule has 0 radical (unpaired) electrons. The number of hydrogen-bond donors (Lipinski definition) is 0. The summed E-state index contributed by atoms with van der Waals surface area (Å²) in [6, 6.07) is 6.64. The summed E-state index contributed by atoms with van der Waals surface area (Å²) in [5.41, 5.74) is 1.68. The smallest absolute Gasteiger partial charge is 0.257 e. The Morgan fingerprint density at radius 2 is 1.68 bits per heavy atom. The van der Waals surface area contributed by atoms with E-state index in [1.807, 2.05) is 12.1 Å². The largest absolute Gasteiger partial charge is 0.354 e. The Kier molecular flexibility index (Phi) is 7.84. The zero-order chi connectivity index (χ0) is 22.5. The molecule has 0 bridgehead atoms. The third-order valence-electron chi connectivity index (χ3n) is 6.43. The number of rotatable bonds is 8. The summed E-state index contributed by atoms with van der Waals surface area (Å²) < 4.78 is 10.6. The second-order valence-corrected chi connectivity index (χ2v) is 8.76. The van der Waals surface area contributed by atoms with E-state index in [1.165, 1.54) is 24.0 Å². The Balaban J connectivity index is 1.85. The standard InChI is InChI=1S/C24H34N2O5/c1-16(2)17-10-12-19(13-11-17)26-21(27)14-20(24(26)29)25(15-22(30-3)31-4)23(28)18-8-6-5-7-9-18/h10-13,16,18,20,22H,5-9,14-15H2,1-4H3. The van der Waals surface area contributed by atoms with E-state index in [2.05, 4.69) is 13.8 Å². The number of nitrogens with zero attached hydrogens (tertiary/aromatic N) is 2. The molecule has 1 aromatic carbocycles. The quantitative estimate of drug-likeness (QED) is 0.466. The van der Waals surface area contributed by atoms with Gasteiger partial charge in [-0.05, 0) is 36.5 Å². The number of methoxy groups -OCH3 is 2. The van der Waals surface area contributed by atoms with Gasteiger partial charge in [0.1, 0.15) is 6.04 Å². The lowest BCUT2D eigenvalue weighted by molar-refractivity contribution is -0.156. The van der Waals surface area contributed by atoms with Crippen LogP contribution in [-0.4, -0.2) is 55.7 Å². The Hall–Kier alpha value is -2.25. The Labute approximate surface area is 184 Å². The van der Waals surface area contributed by atoms with Crippen molar-refractivity contribution in [2.45, 2.75) is 70.6 Å². The molecule has 0 N–H and O–H groups in total. The average Bonchev–Trinajstić information content (AvgIpc) is 3.08. The van der Waals surface area contributed by atoms with Crippen molar-refractivity contribution in [1.82, 2.24) is 4.90 Å². The maximum absolute atomic E-state index is 13.4. The van der Waals surface area contributed by atoms with Gasteiger partial charge in [-0.1, -0.05) is 45.2 Å². The summed E-state index contributed by atoms with van der Waals surface area (Å²) in [5.74, 6) is -0.500. The predicted octanol–water partition coefficient (Wildman–Crippen LogP) is 3.47. The lowest BCUT2D eigenvalue weighted by Gasteiger charge is -2.34. The van der Waals surface area contributed by atoms with Gasteiger partial charge in [0, 0.05) is 20.1 Å². The molecule has 7 heteroatoms. The Morgan fingerprint density at radius 3 is 2.23 bits per heavy atom. The summed E-state index contributed by atoms with van der Waals surface area (Å²) in [6.07, 6.45) is 4.09. The molecule has 1 unspecified atom stereocenters. The zero-order valence-corrected chi connectivity index (χ0v) is 19.0. The van der Waals surface area contributed by atoms with E-state index in [1.54, 1.807) is 12.1 Å². The molecule has 2 aliphatic rings. The number of carbonyl (C=O) groups is 3. The van der Waals surface area contributed by atoms with Crippen LogP contribution in [0, 0.1) is 5.92 Å². The second-order valence-electron chi connectivity index (χ2n) is 8.76. The topological polar surface area (TPSA) is 76.2 Å². The summed E-state index contributed by atoms with van der Waals surface area (Å²) in [6.45, 7) is 4.30. The van der Waals surface area contributed by atoms with E-state index >= 15 is 0 Å². The highest BCUT2D eigenvalue weighted by atomic mass is 16.7. The summed E-state index contributed by atoms with van der Waals surface area (Å²) >= 11 is 0. The molecule has 1 aromatic rings. The minimum atomic E-state index is -0.834. The van der Waals surface area contributed by atoms with Gasteiger partial charge in [-0.25, -0.2) is 4.90 Å². The van der Waals surface area contributed by atoms with Crippen molar-refractivity contribution in [1.29, 1.82) is 0 Å². The van der Waals surface area contributed by atoms with Crippen molar-refractivity contribution in [3.63, 3.8) is 0 Å². The van der Waals surface area contributed by atoms with Crippen LogP contribution < -0.4 is 4.90 Å². The molecule has 31 heavy (non-hydrogen) atoms. The highest BCUT2D eigenvalue weighted by Crippen LogP contribution is 2.31. The molecule has 3 amide bonds. The first-order valence-corrected chi connectivity index (χ1v) is 11.2. The molecule has 1 atom stereocenters. The molecule has 1 aliphatic carbocycles. The maximum Gasteiger partial charge on any atom is 0.257 e. The fourth-order valence-corrected chi connectivity index (χ4v) is 4.50. The first-order valence-electron chi connectivity index (χ1n) is 11.2. The van der Waals surface area contributed by atoms with E-state index in [0.29, 0.717) is 11.6 Å². The van der Waals surface area contributed by atoms with Gasteiger partial charge >= 0.3 is 0 Å². The first-order chi connectivity index (χ1) is 14.9. The normalized spacial score (nSPS) is 20.2. The lowest BCUT2D eigenvalue weighted by Crippen LogP contribution is -2.51. The first kappa shape index (κ1) is 23.4. The number of carbonyl (C=O) groups excluding carboxylic acids is 3. The summed E-state index contributed by atoms with van der Waals surface area (Å²) in [5, 5.41) is 0. The number of benzene rings is 1. The molecule has 0 spiro atoms. The van der Waals surface area contributed by atoms with Crippen LogP contribution in [0.3, 0.4) is 0 Å². The molecule has 1 saturated heterocycles. The molecule has 7 nitrogen and oxygen atoms in total. The van der Waals surface area contributed by atoms with Crippen molar-refractivity contribution < 1.29 is 23.9 Å². The highest BCUT2D eigenvalue weighted by Gasteiger charge is 2.46. The van der Waals surface area contributed by atoms with Gasteiger partial charge in [-0.2, -0.15) is 0 Å². The van der Waals surface area contributed by atoms with Crippen LogP contribution >= 0.6 is 0 Å². The SMILES string of the molecule is COC(CN(C(=O)C1CCCCC1)C1CC(=O)N(c2ccc(C(C)C)cc2)C1=O)OC. The highest BCUT2D eigenvalue weighted by molar-refractivity contribution is 6.23. The van der Waals surface area contributed by atoms with Crippen molar-refractivity contribution in [2.75, 3.05) is 25.7 Å². The van der Waals surface area contributed by atoms with Crippen molar-refractivity contribution in [3.8, 4) is 0 Å². The fraction of sp³-hybridized carbons (Fsp3) is 0.625. The predicted molar refractivity (Wildman–Crippen MR) is 118 cm³/mol. The molecule has 1 saturated carbocycles. The molecular weight excluding hydrogens is 396 g/mol. The average molecular weight is 431 g/mol. The molecule has 2 fully saturated rings. The number of imide groups is 1. The monoisotopic (exact) mass is 430 g/mol. The van der Waals surface area contributed by atoms with Gasteiger partial charge in [-0.15, -0.1) is 0 Å². The molecule has 1 heterocycles. The molecular formula is C24H34N2O5. The maximum atomic E-state index is 13.4. The van der Waals surface area contributed by atoms with Gasteiger partial charge in [0.25, 0.3) is 5.91 Å². The van der Waals surface area contributed by atoms with Gasteiger partial charge in [0.15, 0.2) is 6.29 Å². The minimum absolute atomic E-state index is 0.0244. The van der Waals surface area contributed by atoms with Crippen LogP contribution in [0.5, 0.6) is 0 Å². The van der Waals surface area contributed by atoms with Crippen LogP contribution in [0.25, 0.3) is 0 Å². The van der Waals surface area contributed by atoms with Crippen LogP contribution in [0.2, 0.25) is 0 Å². The molecule has 0 aromatic heterocycles. The number of anilines is 1. The number of ether oxygens (including phenoxy) is 2. The van der Waals surface area contributed by atoms with Crippen molar-refractivity contribution in [2.24, 2.45) is 5.92 Å². The van der Waals surface area contributed by atoms with Crippen LogP contribution in [-0.2, 0) is 23.9 Å². The van der Waals surface area contributed by atoms with E-state index in [0.717, 1.165) is 37.7 Å². The van der Waals surface area contributed by atoms with Gasteiger partial charge in [0.05, 0.1) is 18.7 Å². The lowest BCUT2D eigenvalue weighted by atomic mass is 9.88. The summed E-state index contributed by atoms with van der Waals surface area (Å²) in [4.78, 5) is 42.3. The number of amides is 3. The zero-order valence-electron chi connectivity index (χ0n) is 19.0. The van der Waals surface area contributed by atoms with E-state index < -0.39 is 12.3 Å². The van der Waals surface area contributed by atoms with E-state index in [9.17, 15) is 14.4 Å². The molecule has 170 valence electrons. The van der Waals surface area contributed by atoms with Crippen LogP contribution in [0.4, 0.5) is 5.69 Å². The third kappa shape index (κ3) is 5.15. The molecule has 3 rings (SSSR count). The number of hydrogen-bond acceptors (Lipinski definition) is 5. The molecule has 1 aliphatic heterocycles. The van der Waals surface area contributed by atoms with Crippen LogP contribution in [0.1, 0.15) is 63.9 Å².